The summed E-state index contributed by atoms with van der Waals surface area (Å²) in [6.45, 7) is 1.71. The van der Waals surface area contributed by atoms with Gasteiger partial charge in [-0.25, -0.2) is 4.98 Å². The topological polar surface area (TPSA) is 41.4 Å². The zero-order valence-corrected chi connectivity index (χ0v) is 15.5. The highest BCUT2D eigenvalue weighted by molar-refractivity contribution is 7.99. The van der Waals surface area contributed by atoms with Gasteiger partial charge in [0.05, 0.1) is 0 Å². The maximum Gasteiger partial charge on any atom is 0.433 e. The van der Waals surface area contributed by atoms with Gasteiger partial charge < -0.3 is 9.47 Å². The van der Waals surface area contributed by atoms with Crippen LogP contribution in [0.1, 0.15) is 11.3 Å². The van der Waals surface area contributed by atoms with E-state index < -0.39 is 11.9 Å². The van der Waals surface area contributed by atoms with Crippen LogP contribution in [0.25, 0.3) is 11.4 Å². The summed E-state index contributed by atoms with van der Waals surface area (Å²) in [4.78, 5) is 19.3. The first-order valence-corrected chi connectivity index (χ1v) is 9.48. The molecule has 0 aromatic heterocycles. The van der Waals surface area contributed by atoms with Gasteiger partial charge in [-0.1, -0.05) is 0 Å². The molecule has 3 aliphatic rings. The smallest absolute Gasteiger partial charge is 0.347 e. The van der Waals surface area contributed by atoms with Gasteiger partial charge in [0.2, 0.25) is 5.91 Å². The maximum atomic E-state index is 13.6. The standard InChI is InChI=1S/C17H21F3N4OS/c1-22(2)14(25)11-24-5-3-4-12-13(10-23-6-8-26-9-7-23)15(17(18,19)20)21-16(12)24/h3-5H,6-11H2,1-2H3. The van der Waals surface area contributed by atoms with Gasteiger partial charge in [0.15, 0.2) is 5.69 Å². The summed E-state index contributed by atoms with van der Waals surface area (Å²) in [5, 5.41) is 0. The number of pyridine rings is 1. The van der Waals surface area contributed by atoms with Crippen molar-refractivity contribution < 1.29 is 18.0 Å². The summed E-state index contributed by atoms with van der Waals surface area (Å²) >= 11 is 1.81. The Bertz CT molecular complexity index is 753. The van der Waals surface area contributed by atoms with Crippen molar-refractivity contribution in [2.75, 3.05) is 38.7 Å². The van der Waals surface area contributed by atoms with Crippen LogP contribution in [0.5, 0.6) is 0 Å². The number of amides is 1. The third kappa shape index (κ3) is 3.98. The van der Waals surface area contributed by atoms with Crippen molar-refractivity contribution in [3.63, 3.8) is 0 Å². The molecule has 0 saturated carbocycles. The van der Waals surface area contributed by atoms with Gasteiger partial charge >= 0.3 is 6.18 Å². The summed E-state index contributed by atoms with van der Waals surface area (Å²) in [5.41, 5.74) is -0.182. The molecule has 3 rings (SSSR count). The normalized spacial score (nSPS) is 16.2. The van der Waals surface area contributed by atoms with Crippen molar-refractivity contribution in [3.05, 3.63) is 29.6 Å². The van der Waals surface area contributed by atoms with Crippen LogP contribution in [0, 0.1) is 0 Å². The van der Waals surface area contributed by atoms with Crippen LogP contribution in [0.15, 0.2) is 18.3 Å². The first kappa shape index (κ1) is 19.0. The fourth-order valence-corrected chi connectivity index (χ4v) is 3.97. The Balaban J connectivity index is 2.00. The molecule has 0 aliphatic carbocycles. The predicted octanol–water partition coefficient (Wildman–Crippen LogP) is 2.64. The SMILES string of the molecule is CN(C)C(=O)Cn1cccc2c(CN3CCSCC3)c(C(F)(F)F)nc1-2. The van der Waals surface area contributed by atoms with E-state index in [2.05, 4.69) is 4.98 Å². The number of carbonyl (C=O) groups excluding carboxylic acids is 1. The van der Waals surface area contributed by atoms with Crippen molar-refractivity contribution >= 4 is 17.7 Å². The zero-order chi connectivity index (χ0) is 18.9. The maximum absolute atomic E-state index is 13.6. The average Bonchev–Trinajstić information content (AvgIpc) is 2.96. The summed E-state index contributed by atoms with van der Waals surface area (Å²) in [6.07, 6.45) is -2.93. The number of thioether (sulfide) groups is 1. The molecule has 0 aromatic rings. The first-order valence-electron chi connectivity index (χ1n) is 8.32. The van der Waals surface area contributed by atoms with E-state index in [4.69, 9.17) is 0 Å². The highest BCUT2D eigenvalue weighted by Crippen LogP contribution is 2.39. The molecule has 0 bridgehead atoms. The molecule has 1 fully saturated rings. The Hall–Kier alpha value is -1.74. The third-order valence-corrected chi connectivity index (χ3v) is 5.37. The molecule has 9 heteroatoms. The lowest BCUT2D eigenvalue weighted by Crippen LogP contribution is -2.32. The van der Waals surface area contributed by atoms with E-state index in [0.29, 0.717) is 5.56 Å². The quantitative estimate of drug-likeness (QED) is 0.810. The highest BCUT2D eigenvalue weighted by atomic mass is 32.2. The fourth-order valence-electron chi connectivity index (χ4n) is 3.00. The van der Waals surface area contributed by atoms with Gasteiger partial charge in [0, 0.05) is 62.6 Å². The van der Waals surface area contributed by atoms with Gasteiger partial charge in [-0.3, -0.25) is 9.69 Å². The third-order valence-electron chi connectivity index (χ3n) is 4.43. The number of rotatable bonds is 4. The van der Waals surface area contributed by atoms with E-state index >= 15 is 0 Å². The summed E-state index contributed by atoms with van der Waals surface area (Å²) in [7, 11) is 3.23. The van der Waals surface area contributed by atoms with E-state index in [0.717, 1.165) is 24.6 Å². The van der Waals surface area contributed by atoms with E-state index in [1.807, 2.05) is 16.7 Å². The van der Waals surface area contributed by atoms with Crippen LogP contribution >= 0.6 is 11.8 Å². The van der Waals surface area contributed by atoms with Crippen molar-refractivity contribution in [1.82, 2.24) is 19.4 Å². The molecule has 0 atom stereocenters. The number of alkyl halides is 3. The van der Waals surface area contributed by atoms with E-state index in [-0.39, 0.29) is 30.4 Å². The molecule has 0 aromatic carbocycles. The molecule has 26 heavy (non-hydrogen) atoms. The molecule has 1 saturated heterocycles. The Morgan fingerprint density at radius 2 is 2.00 bits per heavy atom. The molecular formula is C17H21F3N4OS. The number of halogens is 3. The van der Waals surface area contributed by atoms with E-state index in [1.165, 1.54) is 9.47 Å². The Kier molecular flexibility index (Phi) is 5.47. The molecule has 5 nitrogen and oxygen atoms in total. The average molecular weight is 386 g/mol. The predicted molar refractivity (Wildman–Crippen MR) is 95.1 cm³/mol. The fraction of sp³-hybridized carbons (Fsp3) is 0.529. The van der Waals surface area contributed by atoms with E-state index in [9.17, 15) is 18.0 Å². The van der Waals surface area contributed by atoms with Crippen LogP contribution in [-0.2, 0) is 24.1 Å². The molecule has 142 valence electrons. The van der Waals surface area contributed by atoms with Crippen LogP contribution in [0.4, 0.5) is 13.2 Å². The molecular weight excluding hydrogens is 365 g/mol. The second-order valence-corrected chi connectivity index (χ2v) is 7.71. The first-order chi connectivity index (χ1) is 12.3. The number of fused-ring (bicyclic) bond motifs is 1. The van der Waals surface area contributed by atoms with Gasteiger partial charge in [-0.2, -0.15) is 24.9 Å². The number of aromatic nitrogens is 2. The Morgan fingerprint density at radius 3 is 2.62 bits per heavy atom. The Morgan fingerprint density at radius 1 is 1.31 bits per heavy atom. The number of likely N-dealkylation sites (N-methyl/N-ethyl adjacent to an activating group) is 1. The minimum absolute atomic E-state index is 0.0432. The van der Waals surface area contributed by atoms with Crippen LogP contribution in [0.2, 0.25) is 0 Å². The second-order valence-electron chi connectivity index (χ2n) is 6.49. The minimum atomic E-state index is -4.53. The minimum Gasteiger partial charge on any atom is -0.347 e. The molecule has 3 heterocycles. The van der Waals surface area contributed by atoms with Crippen molar-refractivity contribution in [3.8, 4) is 11.4 Å². The molecule has 0 radical (unpaired) electrons. The molecule has 3 aliphatic heterocycles. The molecule has 0 spiro atoms. The van der Waals surface area contributed by atoms with Gasteiger partial charge in [0.25, 0.3) is 0 Å². The van der Waals surface area contributed by atoms with Crippen molar-refractivity contribution in [1.29, 1.82) is 0 Å². The van der Waals surface area contributed by atoms with Gasteiger partial charge in [0.1, 0.15) is 12.4 Å². The van der Waals surface area contributed by atoms with Gasteiger partial charge in [-0.15, -0.1) is 0 Å². The van der Waals surface area contributed by atoms with Crippen molar-refractivity contribution in [2.45, 2.75) is 19.3 Å². The summed E-state index contributed by atoms with van der Waals surface area (Å²) in [5.74, 6) is 1.85. The zero-order valence-electron chi connectivity index (χ0n) is 14.7. The monoisotopic (exact) mass is 386 g/mol. The lowest BCUT2D eigenvalue weighted by atomic mass is 10.1. The van der Waals surface area contributed by atoms with Crippen molar-refractivity contribution in [2.24, 2.45) is 0 Å². The van der Waals surface area contributed by atoms with Gasteiger partial charge in [-0.05, 0) is 12.1 Å². The molecule has 0 unspecified atom stereocenters. The van der Waals surface area contributed by atoms with Crippen LogP contribution in [0.3, 0.4) is 0 Å². The molecule has 0 N–H and O–H groups in total. The number of carbonyl (C=O) groups is 1. The number of nitrogens with zero attached hydrogens (tertiary/aromatic N) is 4. The van der Waals surface area contributed by atoms with Crippen LogP contribution < -0.4 is 0 Å². The van der Waals surface area contributed by atoms with E-state index in [1.54, 1.807) is 32.4 Å². The lowest BCUT2D eigenvalue weighted by molar-refractivity contribution is -0.141. The number of hydrogen-bond donors (Lipinski definition) is 0. The summed E-state index contributed by atoms with van der Waals surface area (Å²) < 4.78 is 42.3. The second kappa shape index (κ2) is 7.48. The van der Waals surface area contributed by atoms with Crippen LogP contribution in [-0.4, -0.2) is 63.9 Å². The molecule has 1 amide bonds. The number of hydrogen-bond acceptors (Lipinski definition) is 4. The summed E-state index contributed by atoms with van der Waals surface area (Å²) in [6, 6.07) is 3.32. The highest BCUT2D eigenvalue weighted by Gasteiger charge is 2.40. The lowest BCUT2D eigenvalue weighted by Gasteiger charge is -2.26. The largest absolute Gasteiger partial charge is 0.433 e. The Labute approximate surface area is 154 Å².